The zero-order valence-electron chi connectivity index (χ0n) is 30.1. The molecule has 288 valence electrons. The largest absolute Gasteiger partial charge is 0.490 e. The summed E-state index contributed by atoms with van der Waals surface area (Å²) in [6.45, 7) is 6.35. The first kappa shape index (κ1) is 39.9. The number of anilines is 1. The van der Waals surface area contributed by atoms with Crippen molar-refractivity contribution in [3.8, 4) is 28.3 Å². The summed E-state index contributed by atoms with van der Waals surface area (Å²) in [5.74, 6) is -15.9. The lowest BCUT2D eigenvalue weighted by Gasteiger charge is -2.30. The van der Waals surface area contributed by atoms with E-state index in [0.717, 1.165) is 41.7 Å². The standard InChI is InChI=1S/C39H44F4N6O5/c1-22(2)54-31-7-5-4-6-30(31)26-14-12-25(13-15-26)23(3)32(46-34(50)28-10-8-24(9-11-28)20-21-44)35(51)45-29-18-16-27(17-19-29)33-47-36(49-48-33)38(40,41)39(42,43)37(52)53/h4-7,12-19,22-24,28,32H,8-11,20-21,44H2,1-3H3,(H,45,51)(H,46,50)(H,52,53)(H,47,48,49). The molecule has 0 saturated heterocycles. The van der Waals surface area contributed by atoms with Gasteiger partial charge >= 0.3 is 17.8 Å². The number of hydrogen-bond acceptors (Lipinski definition) is 7. The number of aromatic amines is 1. The van der Waals surface area contributed by atoms with Gasteiger partial charge in [0, 0.05) is 28.7 Å². The van der Waals surface area contributed by atoms with Crippen LogP contribution in [0.15, 0.2) is 72.8 Å². The summed E-state index contributed by atoms with van der Waals surface area (Å²) in [4.78, 5) is 41.7. The van der Waals surface area contributed by atoms with Crippen molar-refractivity contribution in [1.29, 1.82) is 0 Å². The van der Waals surface area contributed by atoms with Crippen molar-refractivity contribution < 1.29 is 41.8 Å². The van der Waals surface area contributed by atoms with Crippen molar-refractivity contribution in [2.45, 2.75) is 82.8 Å². The third kappa shape index (κ3) is 8.89. The fourth-order valence-electron chi connectivity index (χ4n) is 6.60. The molecule has 1 aliphatic rings. The molecule has 1 fully saturated rings. The van der Waals surface area contributed by atoms with Crippen LogP contribution in [0.5, 0.6) is 5.75 Å². The smallest absolute Gasteiger partial charge is 0.411 e. The van der Waals surface area contributed by atoms with Crippen molar-refractivity contribution in [2.24, 2.45) is 17.6 Å². The molecule has 0 radical (unpaired) electrons. The highest BCUT2D eigenvalue weighted by Crippen LogP contribution is 2.42. The molecule has 54 heavy (non-hydrogen) atoms. The number of carbonyl (C=O) groups is 3. The van der Waals surface area contributed by atoms with Gasteiger partial charge in [-0.25, -0.2) is 9.78 Å². The summed E-state index contributed by atoms with van der Waals surface area (Å²) >= 11 is 0. The second-order valence-electron chi connectivity index (χ2n) is 13.9. The Morgan fingerprint density at radius 3 is 2.17 bits per heavy atom. The number of halogens is 4. The van der Waals surface area contributed by atoms with E-state index in [1.165, 1.54) is 24.3 Å². The number of ether oxygens (including phenoxy) is 1. The fourth-order valence-corrected chi connectivity index (χ4v) is 6.60. The molecule has 3 aromatic carbocycles. The van der Waals surface area contributed by atoms with Crippen LogP contribution in [0, 0.1) is 11.8 Å². The van der Waals surface area contributed by atoms with E-state index in [1.807, 2.05) is 69.3 Å². The van der Waals surface area contributed by atoms with Crippen molar-refractivity contribution >= 4 is 23.5 Å². The maximum absolute atomic E-state index is 14.2. The van der Waals surface area contributed by atoms with Crippen LogP contribution in [0.4, 0.5) is 23.2 Å². The van der Waals surface area contributed by atoms with Crippen LogP contribution in [-0.2, 0) is 20.3 Å². The maximum atomic E-state index is 14.2. The number of nitrogens with zero attached hydrogens (tertiary/aromatic N) is 2. The second kappa shape index (κ2) is 16.8. The Labute approximate surface area is 310 Å². The van der Waals surface area contributed by atoms with Crippen LogP contribution in [0.2, 0.25) is 0 Å². The lowest BCUT2D eigenvalue weighted by Crippen LogP contribution is -2.49. The van der Waals surface area contributed by atoms with E-state index in [2.05, 4.69) is 20.7 Å². The van der Waals surface area contributed by atoms with E-state index in [9.17, 15) is 31.9 Å². The topological polar surface area (TPSA) is 172 Å². The van der Waals surface area contributed by atoms with Gasteiger partial charge in [-0.15, -0.1) is 0 Å². The van der Waals surface area contributed by atoms with Gasteiger partial charge in [0.1, 0.15) is 11.8 Å². The first-order valence-electron chi connectivity index (χ1n) is 17.8. The fraction of sp³-hybridized carbons (Fsp3) is 0.410. The average molecular weight is 753 g/mol. The summed E-state index contributed by atoms with van der Waals surface area (Å²) < 4.78 is 61.9. The number of benzene rings is 3. The minimum atomic E-state index is -5.43. The van der Waals surface area contributed by atoms with E-state index in [0.29, 0.717) is 25.3 Å². The van der Waals surface area contributed by atoms with Gasteiger partial charge in [-0.1, -0.05) is 49.4 Å². The molecule has 5 rings (SSSR count). The van der Waals surface area contributed by atoms with Crippen molar-refractivity contribution in [1.82, 2.24) is 20.5 Å². The van der Waals surface area contributed by atoms with Gasteiger partial charge in [-0.05, 0) is 99.9 Å². The third-order valence-corrected chi connectivity index (χ3v) is 9.73. The Hall–Kier alpha value is -5.31. The highest BCUT2D eigenvalue weighted by atomic mass is 19.3. The Morgan fingerprint density at radius 1 is 0.926 bits per heavy atom. The quantitative estimate of drug-likeness (QED) is 0.0799. The first-order valence-corrected chi connectivity index (χ1v) is 17.8. The molecule has 1 aromatic heterocycles. The number of para-hydroxylation sites is 1. The highest BCUT2D eigenvalue weighted by Gasteiger charge is 2.65. The molecule has 0 aliphatic heterocycles. The molecule has 2 atom stereocenters. The molecule has 2 amide bonds. The maximum Gasteiger partial charge on any atom is 0.411 e. The van der Waals surface area contributed by atoms with Gasteiger partial charge in [0.2, 0.25) is 17.6 Å². The van der Waals surface area contributed by atoms with Crippen molar-refractivity contribution in [3.05, 3.63) is 84.2 Å². The molecule has 0 spiro atoms. The lowest BCUT2D eigenvalue weighted by molar-refractivity contribution is -0.231. The molecule has 4 aromatic rings. The van der Waals surface area contributed by atoms with Crippen molar-refractivity contribution in [2.75, 3.05) is 11.9 Å². The number of amides is 2. The van der Waals surface area contributed by atoms with Gasteiger partial charge in [-0.3, -0.25) is 14.7 Å². The molecule has 2 unspecified atom stereocenters. The first-order chi connectivity index (χ1) is 25.6. The van der Waals surface area contributed by atoms with Crippen LogP contribution in [0.3, 0.4) is 0 Å². The number of nitrogens with two attached hydrogens (primary N) is 1. The van der Waals surface area contributed by atoms with Crippen LogP contribution in [-0.4, -0.2) is 62.7 Å². The number of carboxylic acid groups (broad SMARTS) is 1. The normalized spacial score (nSPS) is 17.4. The number of alkyl halides is 4. The van der Waals surface area contributed by atoms with Gasteiger partial charge in [0.25, 0.3) is 0 Å². The Morgan fingerprint density at radius 2 is 1.56 bits per heavy atom. The molecular formula is C39H44F4N6O5. The predicted octanol–water partition coefficient (Wildman–Crippen LogP) is 7.12. The Bertz CT molecular complexity index is 1910. The summed E-state index contributed by atoms with van der Waals surface area (Å²) in [5, 5.41) is 19.6. The number of hydrogen-bond donors (Lipinski definition) is 5. The number of nitrogens with one attached hydrogen (secondary N) is 3. The van der Waals surface area contributed by atoms with E-state index in [-0.39, 0.29) is 29.2 Å². The molecular weight excluding hydrogens is 708 g/mol. The summed E-state index contributed by atoms with van der Waals surface area (Å²) in [6, 6.07) is 20.0. The van der Waals surface area contributed by atoms with Gasteiger partial charge < -0.3 is 26.2 Å². The Balaban J connectivity index is 1.35. The zero-order chi connectivity index (χ0) is 39.2. The van der Waals surface area contributed by atoms with Gasteiger partial charge in [0.05, 0.1) is 6.10 Å². The van der Waals surface area contributed by atoms with Gasteiger partial charge in [-0.2, -0.15) is 22.7 Å². The number of rotatable bonds is 15. The van der Waals surface area contributed by atoms with Crippen LogP contribution in [0.25, 0.3) is 22.5 Å². The van der Waals surface area contributed by atoms with Gasteiger partial charge in [0.15, 0.2) is 5.82 Å². The number of aliphatic carboxylic acids is 1. The number of carbonyl (C=O) groups excluding carboxylic acids is 2. The average Bonchev–Trinajstić information content (AvgIpc) is 3.66. The van der Waals surface area contributed by atoms with Crippen LogP contribution in [0.1, 0.15) is 70.2 Å². The zero-order valence-corrected chi connectivity index (χ0v) is 30.1. The molecule has 1 heterocycles. The van der Waals surface area contributed by atoms with Crippen LogP contribution >= 0.6 is 0 Å². The van der Waals surface area contributed by atoms with E-state index in [4.69, 9.17) is 15.6 Å². The van der Waals surface area contributed by atoms with Crippen LogP contribution < -0.4 is 21.1 Å². The van der Waals surface area contributed by atoms with E-state index < -0.39 is 47.3 Å². The Kier molecular flexibility index (Phi) is 12.4. The number of carboxylic acids is 1. The van der Waals surface area contributed by atoms with E-state index in [1.54, 1.807) is 5.10 Å². The second-order valence-corrected chi connectivity index (χ2v) is 13.9. The monoisotopic (exact) mass is 752 g/mol. The summed E-state index contributed by atoms with van der Waals surface area (Å²) in [5.41, 5.74) is 8.78. The minimum absolute atomic E-state index is 0.0191. The minimum Gasteiger partial charge on any atom is -0.490 e. The highest BCUT2D eigenvalue weighted by molar-refractivity contribution is 5.98. The molecule has 1 saturated carbocycles. The predicted molar refractivity (Wildman–Crippen MR) is 194 cm³/mol. The van der Waals surface area contributed by atoms with Crippen molar-refractivity contribution in [3.63, 3.8) is 0 Å². The van der Waals surface area contributed by atoms with E-state index >= 15 is 0 Å². The third-order valence-electron chi connectivity index (χ3n) is 9.73. The number of H-pyrrole nitrogens is 1. The molecule has 0 bridgehead atoms. The lowest BCUT2D eigenvalue weighted by atomic mass is 9.80. The summed E-state index contributed by atoms with van der Waals surface area (Å²) in [7, 11) is 0. The molecule has 15 heteroatoms. The molecule has 11 nitrogen and oxygen atoms in total. The SMILES string of the molecule is CC(C)Oc1ccccc1-c1ccc(C(C)C(NC(=O)C2CCC(CCN)CC2)C(=O)Nc2ccc(-c3n[nH]c(C(F)(F)C(F)(F)C(=O)O)n3)cc2)cc1. The molecule has 6 N–H and O–H groups in total. The number of aromatic nitrogens is 3. The summed E-state index contributed by atoms with van der Waals surface area (Å²) in [6.07, 6.45) is 4.03. The molecule has 1 aliphatic carbocycles.